The van der Waals surface area contributed by atoms with E-state index in [1.807, 2.05) is 6.20 Å². The van der Waals surface area contributed by atoms with E-state index in [0.29, 0.717) is 4.83 Å². The summed E-state index contributed by atoms with van der Waals surface area (Å²) < 4.78 is 1.26. The van der Waals surface area contributed by atoms with Crippen molar-refractivity contribution in [2.45, 2.75) is 11.2 Å². The van der Waals surface area contributed by atoms with Gasteiger partial charge in [-0.1, -0.05) is 28.1 Å². The van der Waals surface area contributed by atoms with Crippen LogP contribution in [-0.4, -0.2) is 9.97 Å². The van der Waals surface area contributed by atoms with Crippen molar-refractivity contribution in [1.29, 1.82) is 0 Å². The number of nitrogens with one attached hydrogen (secondary N) is 1. The fourth-order valence-electron chi connectivity index (χ4n) is 1.37. The van der Waals surface area contributed by atoms with Crippen LogP contribution in [0.1, 0.15) is 16.2 Å². The van der Waals surface area contributed by atoms with Crippen molar-refractivity contribution < 1.29 is 0 Å². The summed E-state index contributed by atoms with van der Waals surface area (Å²) in [4.78, 5) is 7.64. The van der Waals surface area contributed by atoms with Crippen LogP contribution in [0.2, 0.25) is 0 Å². The first-order chi connectivity index (χ1) is 7.25. The molecule has 0 fully saturated rings. The van der Waals surface area contributed by atoms with Gasteiger partial charge in [-0.05, 0) is 40.3 Å². The summed E-state index contributed by atoms with van der Waals surface area (Å²) >= 11 is 5.98. The van der Waals surface area contributed by atoms with E-state index in [4.69, 9.17) is 0 Å². The minimum Gasteiger partial charge on any atom is -0.349 e. The number of hydrogen-bond donors (Lipinski definition) is 1. The van der Waals surface area contributed by atoms with Gasteiger partial charge in [0, 0.05) is 27.2 Å². The molecule has 2 rings (SSSR count). The maximum Gasteiger partial charge on any atom is 0.107 e. The molecule has 0 radical (unpaired) electrons. The van der Waals surface area contributed by atoms with Crippen molar-refractivity contribution >= 4 is 38.5 Å². The van der Waals surface area contributed by atoms with Crippen LogP contribution in [0.4, 0.5) is 0 Å². The Labute approximate surface area is 111 Å². The van der Waals surface area contributed by atoms with Crippen LogP contribution in [0.3, 0.4) is 0 Å². The molecule has 1 atom stereocenters. The lowest BCUT2D eigenvalue weighted by molar-refractivity contribution is 0.876. The molecule has 1 N–H and O–H groups in total. The zero-order chi connectivity index (χ0) is 10.7. The number of rotatable bonds is 3. The zero-order valence-corrected chi connectivity index (χ0v) is 11.7. The van der Waals surface area contributed by atoms with Crippen molar-refractivity contribution in [3.05, 3.63) is 51.6 Å². The van der Waals surface area contributed by atoms with Gasteiger partial charge in [-0.2, -0.15) is 0 Å². The first-order valence-electron chi connectivity index (χ1n) is 4.63. The van der Waals surface area contributed by atoms with Gasteiger partial charge in [-0.15, -0.1) is 0 Å². The number of nitrogens with zero attached hydrogens (tertiary/aromatic N) is 1. The fraction of sp³-hybridized carbons (Fsp3) is 0.182. The lowest BCUT2D eigenvalue weighted by Crippen LogP contribution is -1.97. The summed E-state index contributed by atoms with van der Waals surface area (Å²) in [6.45, 7) is 0. The highest BCUT2D eigenvalue weighted by Crippen LogP contribution is 2.26. The number of aromatic nitrogens is 2. The van der Waals surface area contributed by atoms with E-state index in [1.165, 1.54) is 9.13 Å². The Morgan fingerprint density at radius 3 is 2.67 bits per heavy atom. The van der Waals surface area contributed by atoms with Crippen molar-refractivity contribution in [2.75, 3.05) is 0 Å². The predicted molar refractivity (Wildman–Crippen MR) is 73.1 cm³/mol. The third kappa shape index (κ3) is 3.04. The van der Waals surface area contributed by atoms with Crippen molar-refractivity contribution in [1.82, 2.24) is 9.97 Å². The summed E-state index contributed by atoms with van der Waals surface area (Å²) in [6.07, 6.45) is 4.51. The van der Waals surface area contributed by atoms with Crippen LogP contribution < -0.4 is 0 Å². The van der Waals surface area contributed by atoms with Gasteiger partial charge in [0.15, 0.2) is 0 Å². The first kappa shape index (κ1) is 11.1. The number of alkyl halides is 1. The number of imidazole rings is 1. The summed E-state index contributed by atoms with van der Waals surface area (Å²) in [5.74, 6) is 1.01. The Morgan fingerprint density at radius 1 is 1.33 bits per heavy atom. The molecule has 15 heavy (non-hydrogen) atoms. The largest absolute Gasteiger partial charge is 0.349 e. The molecule has 0 amide bonds. The molecular formula is C11H10BrIN2. The standard InChI is InChI=1S/C11H10BrIN2/c12-10(7-11-14-5-6-15-11)8-1-3-9(13)4-2-8/h1-6,10H,7H2,(H,14,15). The number of aromatic amines is 1. The van der Waals surface area contributed by atoms with E-state index in [-0.39, 0.29) is 0 Å². The summed E-state index contributed by atoms with van der Waals surface area (Å²) in [5.41, 5.74) is 1.28. The number of H-pyrrole nitrogens is 1. The highest BCUT2D eigenvalue weighted by atomic mass is 127. The minimum atomic E-state index is 0.320. The van der Waals surface area contributed by atoms with E-state index in [2.05, 4.69) is 72.8 Å². The molecule has 0 saturated carbocycles. The normalized spacial score (nSPS) is 12.7. The lowest BCUT2D eigenvalue weighted by Gasteiger charge is -2.08. The first-order valence-corrected chi connectivity index (χ1v) is 6.63. The lowest BCUT2D eigenvalue weighted by atomic mass is 10.1. The Bertz CT molecular complexity index is 411. The second-order valence-electron chi connectivity index (χ2n) is 3.26. The number of hydrogen-bond acceptors (Lipinski definition) is 1. The topological polar surface area (TPSA) is 28.7 Å². The Hall–Kier alpha value is -0.360. The molecule has 1 unspecified atom stereocenters. The van der Waals surface area contributed by atoms with Crippen LogP contribution in [0.25, 0.3) is 0 Å². The van der Waals surface area contributed by atoms with Crippen LogP contribution >= 0.6 is 38.5 Å². The maximum absolute atomic E-state index is 4.21. The monoisotopic (exact) mass is 376 g/mol. The highest BCUT2D eigenvalue weighted by Gasteiger charge is 2.09. The summed E-state index contributed by atoms with van der Waals surface area (Å²) in [6, 6.07) is 8.52. The molecule has 4 heteroatoms. The Morgan fingerprint density at radius 2 is 2.07 bits per heavy atom. The van der Waals surface area contributed by atoms with E-state index in [0.717, 1.165) is 12.2 Å². The van der Waals surface area contributed by atoms with Gasteiger partial charge in [0.25, 0.3) is 0 Å². The van der Waals surface area contributed by atoms with Crippen molar-refractivity contribution in [3.8, 4) is 0 Å². The molecule has 0 aliphatic carbocycles. The molecule has 2 nitrogen and oxygen atoms in total. The Kier molecular flexibility index (Phi) is 3.80. The van der Waals surface area contributed by atoms with E-state index < -0.39 is 0 Å². The maximum atomic E-state index is 4.21. The number of benzene rings is 1. The second kappa shape index (κ2) is 5.12. The molecule has 78 valence electrons. The van der Waals surface area contributed by atoms with Crippen LogP contribution in [0, 0.1) is 3.57 Å². The SMILES string of the molecule is BrC(Cc1ncc[nH]1)c1ccc(I)cc1. The van der Waals surface area contributed by atoms with E-state index in [9.17, 15) is 0 Å². The average molecular weight is 377 g/mol. The van der Waals surface area contributed by atoms with Crippen LogP contribution in [-0.2, 0) is 6.42 Å². The highest BCUT2D eigenvalue weighted by molar-refractivity contribution is 14.1. The molecule has 2 aromatic rings. The molecule has 1 aromatic carbocycles. The summed E-state index contributed by atoms with van der Waals surface area (Å²) in [7, 11) is 0. The predicted octanol–water partition coefficient (Wildman–Crippen LogP) is 3.69. The van der Waals surface area contributed by atoms with Gasteiger partial charge < -0.3 is 4.98 Å². The van der Waals surface area contributed by atoms with Crippen molar-refractivity contribution in [3.63, 3.8) is 0 Å². The molecule has 0 bridgehead atoms. The van der Waals surface area contributed by atoms with Gasteiger partial charge in [0.05, 0.1) is 0 Å². The molecule has 1 aromatic heterocycles. The van der Waals surface area contributed by atoms with Crippen LogP contribution in [0.5, 0.6) is 0 Å². The molecule has 1 heterocycles. The molecular weight excluding hydrogens is 367 g/mol. The second-order valence-corrected chi connectivity index (χ2v) is 5.61. The minimum absolute atomic E-state index is 0.320. The van der Waals surface area contributed by atoms with E-state index in [1.54, 1.807) is 6.20 Å². The van der Waals surface area contributed by atoms with Gasteiger partial charge in [-0.3, -0.25) is 0 Å². The van der Waals surface area contributed by atoms with Gasteiger partial charge in [0.1, 0.15) is 5.82 Å². The zero-order valence-electron chi connectivity index (χ0n) is 7.95. The van der Waals surface area contributed by atoms with Crippen LogP contribution in [0.15, 0.2) is 36.7 Å². The third-order valence-electron chi connectivity index (χ3n) is 2.16. The average Bonchev–Trinajstić information content (AvgIpc) is 2.71. The van der Waals surface area contributed by atoms with E-state index >= 15 is 0 Å². The molecule has 0 spiro atoms. The quantitative estimate of drug-likeness (QED) is 0.642. The smallest absolute Gasteiger partial charge is 0.107 e. The van der Waals surface area contributed by atoms with Gasteiger partial charge >= 0.3 is 0 Å². The Balaban J connectivity index is 2.08. The van der Waals surface area contributed by atoms with Gasteiger partial charge in [-0.25, -0.2) is 4.98 Å². The summed E-state index contributed by atoms with van der Waals surface area (Å²) in [5, 5.41) is 0. The van der Waals surface area contributed by atoms with Gasteiger partial charge in [0.2, 0.25) is 0 Å². The van der Waals surface area contributed by atoms with Crippen molar-refractivity contribution in [2.24, 2.45) is 0 Å². The fourth-order valence-corrected chi connectivity index (χ4v) is 2.34. The number of halogens is 2. The molecule has 0 aliphatic rings. The molecule has 0 aliphatic heterocycles. The molecule has 0 saturated heterocycles. The third-order valence-corrected chi connectivity index (χ3v) is 3.73.